The minimum atomic E-state index is -1.32. The summed E-state index contributed by atoms with van der Waals surface area (Å²) in [5.74, 6) is -0.599. The number of imidazole rings is 1. The van der Waals surface area contributed by atoms with Gasteiger partial charge in [0.1, 0.15) is 18.5 Å². The lowest BCUT2D eigenvalue weighted by Crippen LogP contribution is -2.22. The Bertz CT molecular complexity index is 817. The van der Waals surface area contributed by atoms with Crippen LogP contribution in [0.1, 0.15) is 26.5 Å². The number of nitrogens with one attached hydrogen (secondary N) is 2. The largest absolute Gasteiger partial charge is 0.394 e. The van der Waals surface area contributed by atoms with Crippen molar-refractivity contribution in [1.29, 1.82) is 0 Å². The number of ether oxygens (including phenoxy) is 1. The maximum atomic E-state index is 13.8. The highest BCUT2D eigenvalue weighted by Crippen LogP contribution is 2.32. The Labute approximate surface area is 135 Å². The van der Waals surface area contributed by atoms with E-state index in [1.165, 1.54) is 10.9 Å². The number of carbonyl (C=O) groups excluding carboxylic acids is 1. The zero-order valence-corrected chi connectivity index (χ0v) is 13.2. The molecule has 0 aromatic carbocycles. The Morgan fingerprint density at radius 1 is 1.62 bits per heavy atom. The number of aromatic amines is 1. The number of alkyl halides is 1. The predicted molar refractivity (Wildman–Crippen MR) is 82.1 cm³/mol. The van der Waals surface area contributed by atoms with Crippen molar-refractivity contribution in [2.45, 2.75) is 38.8 Å². The van der Waals surface area contributed by atoms with Gasteiger partial charge in [-0.2, -0.15) is 4.98 Å². The molecule has 0 radical (unpaired) electrons. The number of nitrogens with zero attached hydrogens (tertiary/aromatic N) is 3. The Balaban J connectivity index is 1.97. The first-order valence-electron chi connectivity index (χ1n) is 7.58. The second-order valence-electron chi connectivity index (χ2n) is 5.95. The molecule has 0 saturated carbocycles. The van der Waals surface area contributed by atoms with Crippen molar-refractivity contribution in [2.24, 2.45) is 5.92 Å². The van der Waals surface area contributed by atoms with Gasteiger partial charge in [-0.25, -0.2) is 9.37 Å². The van der Waals surface area contributed by atoms with Gasteiger partial charge in [-0.15, -0.1) is 0 Å². The van der Waals surface area contributed by atoms with E-state index in [-0.39, 0.29) is 35.4 Å². The molecule has 2 aromatic rings. The van der Waals surface area contributed by atoms with Gasteiger partial charge >= 0.3 is 0 Å². The molecule has 1 fully saturated rings. The van der Waals surface area contributed by atoms with Gasteiger partial charge in [0.05, 0.1) is 12.9 Å². The molecule has 10 heteroatoms. The predicted octanol–water partition coefficient (Wildman–Crippen LogP) is 0.332. The van der Waals surface area contributed by atoms with Crippen LogP contribution in [-0.2, 0) is 9.53 Å². The summed E-state index contributed by atoms with van der Waals surface area (Å²) in [6, 6.07) is 0. The average molecular weight is 339 g/mol. The van der Waals surface area contributed by atoms with Crippen LogP contribution in [0, 0.1) is 5.92 Å². The van der Waals surface area contributed by atoms with E-state index in [1.54, 1.807) is 13.8 Å². The summed E-state index contributed by atoms with van der Waals surface area (Å²) in [6.45, 7) is 2.98. The van der Waals surface area contributed by atoms with E-state index in [2.05, 4.69) is 20.3 Å². The summed E-state index contributed by atoms with van der Waals surface area (Å²) in [7, 11) is 0. The molecule has 1 amide bonds. The monoisotopic (exact) mass is 339 g/mol. The number of amides is 1. The van der Waals surface area contributed by atoms with Crippen molar-refractivity contribution in [2.75, 3.05) is 11.9 Å². The van der Waals surface area contributed by atoms with E-state index in [1.807, 2.05) is 0 Å². The maximum absolute atomic E-state index is 13.8. The van der Waals surface area contributed by atoms with Gasteiger partial charge in [0.15, 0.2) is 11.2 Å². The van der Waals surface area contributed by atoms with E-state index >= 15 is 0 Å². The number of carbonyl (C=O) groups is 1. The van der Waals surface area contributed by atoms with Crippen LogP contribution in [0.3, 0.4) is 0 Å². The lowest BCUT2D eigenvalue weighted by atomic mass is 10.2. The molecule has 3 heterocycles. The molecular weight excluding hydrogens is 321 g/mol. The van der Waals surface area contributed by atoms with Gasteiger partial charge in [0, 0.05) is 12.3 Å². The number of fused-ring (bicyclic) bond motifs is 1. The van der Waals surface area contributed by atoms with Gasteiger partial charge < -0.3 is 9.84 Å². The van der Waals surface area contributed by atoms with Gasteiger partial charge in [-0.05, 0) is 0 Å². The van der Waals surface area contributed by atoms with Gasteiger partial charge in [0.25, 0.3) is 5.56 Å². The van der Waals surface area contributed by atoms with E-state index < -0.39 is 30.7 Å². The first kappa shape index (κ1) is 16.5. The van der Waals surface area contributed by atoms with Gasteiger partial charge in [-0.3, -0.25) is 24.5 Å². The molecule has 3 N–H and O–H groups in total. The molecule has 1 saturated heterocycles. The Kier molecular flexibility index (Phi) is 4.33. The highest BCUT2D eigenvalue weighted by Gasteiger charge is 2.36. The summed E-state index contributed by atoms with van der Waals surface area (Å²) >= 11 is 0. The summed E-state index contributed by atoms with van der Waals surface area (Å²) < 4.78 is 20.6. The smallest absolute Gasteiger partial charge is 0.280 e. The van der Waals surface area contributed by atoms with Crippen molar-refractivity contribution in [3.8, 4) is 0 Å². The molecule has 1 aliphatic heterocycles. The summed E-state index contributed by atoms with van der Waals surface area (Å²) in [4.78, 5) is 34.5. The van der Waals surface area contributed by atoms with Crippen LogP contribution < -0.4 is 10.9 Å². The lowest BCUT2D eigenvalue weighted by molar-refractivity contribution is -0.118. The van der Waals surface area contributed by atoms with E-state index in [4.69, 9.17) is 9.84 Å². The molecule has 0 spiro atoms. The maximum Gasteiger partial charge on any atom is 0.280 e. The standard InChI is InChI=1S/C14H18FN5O4/c1-6(2)12(22)18-14-17-11-10(13(23)19-14)16-5-20(11)9-3-7(15)8(4-21)24-9/h5-9,21H,3-4H2,1-2H3,(H2,17,18,19,22,23). The van der Waals surface area contributed by atoms with Crippen LogP contribution in [0.5, 0.6) is 0 Å². The van der Waals surface area contributed by atoms with Crippen LogP contribution in [0.15, 0.2) is 11.1 Å². The number of halogens is 1. The molecule has 0 bridgehead atoms. The second kappa shape index (κ2) is 6.29. The Morgan fingerprint density at radius 2 is 2.38 bits per heavy atom. The topological polar surface area (TPSA) is 122 Å². The van der Waals surface area contributed by atoms with Crippen LogP contribution in [0.25, 0.3) is 11.2 Å². The molecule has 2 aromatic heterocycles. The molecular formula is C14H18FN5O4. The van der Waals surface area contributed by atoms with Crippen LogP contribution >= 0.6 is 0 Å². The van der Waals surface area contributed by atoms with Gasteiger partial charge in [0.2, 0.25) is 11.9 Å². The fourth-order valence-electron chi connectivity index (χ4n) is 2.48. The number of aliphatic hydroxyl groups is 1. The quantitative estimate of drug-likeness (QED) is 0.738. The first-order chi connectivity index (χ1) is 11.4. The molecule has 24 heavy (non-hydrogen) atoms. The molecule has 3 unspecified atom stereocenters. The van der Waals surface area contributed by atoms with E-state index in [9.17, 15) is 14.0 Å². The molecule has 3 atom stereocenters. The highest BCUT2D eigenvalue weighted by molar-refractivity contribution is 5.91. The van der Waals surface area contributed by atoms with Crippen molar-refractivity contribution < 1.29 is 19.0 Å². The third-order valence-electron chi connectivity index (χ3n) is 3.85. The number of aliphatic hydroxyl groups excluding tert-OH is 1. The molecule has 3 rings (SSSR count). The van der Waals surface area contributed by atoms with Gasteiger partial charge in [-0.1, -0.05) is 13.8 Å². The van der Waals surface area contributed by atoms with Crippen molar-refractivity contribution in [1.82, 2.24) is 19.5 Å². The third kappa shape index (κ3) is 2.89. The van der Waals surface area contributed by atoms with E-state index in [0.717, 1.165) is 0 Å². The van der Waals surface area contributed by atoms with Crippen LogP contribution in [0.2, 0.25) is 0 Å². The van der Waals surface area contributed by atoms with Crippen LogP contribution in [-0.4, -0.2) is 49.4 Å². The van der Waals surface area contributed by atoms with Crippen molar-refractivity contribution >= 4 is 23.0 Å². The zero-order chi connectivity index (χ0) is 17.4. The average Bonchev–Trinajstić information content (AvgIpc) is 3.10. The minimum Gasteiger partial charge on any atom is -0.394 e. The second-order valence-corrected chi connectivity index (χ2v) is 5.95. The highest BCUT2D eigenvalue weighted by atomic mass is 19.1. The van der Waals surface area contributed by atoms with Crippen molar-refractivity contribution in [3.05, 3.63) is 16.7 Å². The van der Waals surface area contributed by atoms with Crippen LogP contribution in [0.4, 0.5) is 10.3 Å². The lowest BCUT2D eigenvalue weighted by Gasteiger charge is -2.13. The molecule has 0 aliphatic carbocycles. The Hall–Kier alpha value is -2.33. The Morgan fingerprint density at radius 3 is 3.00 bits per heavy atom. The summed E-state index contributed by atoms with van der Waals surface area (Å²) in [5, 5.41) is 11.6. The summed E-state index contributed by atoms with van der Waals surface area (Å²) in [6.07, 6.45) is -1.63. The van der Waals surface area contributed by atoms with Crippen molar-refractivity contribution in [3.63, 3.8) is 0 Å². The number of H-pyrrole nitrogens is 1. The van der Waals surface area contributed by atoms with E-state index in [0.29, 0.717) is 0 Å². The fourth-order valence-corrected chi connectivity index (χ4v) is 2.48. The minimum absolute atomic E-state index is 0.0125. The molecule has 9 nitrogen and oxygen atoms in total. The summed E-state index contributed by atoms with van der Waals surface area (Å²) in [5.41, 5.74) is -0.288. The molecule has 130 valence electrons. The normalized spacial score (nSPS) is 24.0. The first-order valence-corrected chi connectivity index (χ1v) is 7.58. The third-order valence-corrected chi connectivity index (χ3v) is 3.85. The number of rotatable bonds is 4. The number of anilines is 1. The SMILES string of the molecule is CC(C)C(=O)Nc1nc2c(ncn2C2CC(F)C(CO)O2)c(=O)[nH]1. The molecule has 1 aliphatic rings. The number of hydrogen-bond donors (Lipinski definition) is 3. The fraction of sp³-hybridized carbons (Fsp3) is 0.571. The number of hydrogen-bond acceptors (Lipinski definition) is 6. The zero-order valence-electron chi connectivity index (χ0n) is 13.2. The number of aromatic nitrogens is 4.